The molecule has 1 aliphatic carbocycles. The number of hydrogen-bond donors (Lipinski definition) is 3. The lowest BCUT2D eigenvalue weighted by molar-refractivity contribution is -0.127. The van der Waals surface area contributed by atoms with Gasteiger partial charge < -0.3 is 21.3 Å². The second-order valence-corrected chi connectivity index (χ2v) is 5.48. The maximum Gasteiger partial charge on any atom is 0.316 e. The normalized spacial score (nSPS) is 16.7. The molecule has 0 unspecified atom stereocenters. The van der Waals surface area contributed by atoms with Crippen LogP contribution in [-0.4, -0.2) is 49.0 Å². The summed E-state index contributed by atoms with van der Waals surface area (Å²) in [5.74, 6) is -0.114. The fourth-order valence-corrected chi connectivity index (χ4v) is 2.53. The van der Waals surface area contributed by atoms with Crippen molar-refractivity contribution >= 4 is 29.1 Å². The van der Waals surface area contributed by atoms with Gasteiger partial charge in [0.2, 0.25) is 5.91 Å². The molecule has 108 valence electrons. The van der Waals surface area contributed by atoms with Crippen molar-refractivity contribution < 1.29 is 9.59 Å². The SMILES string of the molecule is CN(C)C(=O)NCCNC(=O)C1(C(N)=S)CCCC1. The number of hydrogen-bond acceptors (Lipinski definition) is 3. The summed E-state index contributed by atoms with van der Waals surface area (Å²) < 4.78 is 0. The summed E-state index contributed by atoms with van der Waals surface area (Å²) in [5.41, 5.74) is 5.04. The van der Waals surface area contributed by atoms with Gasteiger partial charge in [0.25, 0.3) is 0 Å². The topological polar surface area (TPSA) is 87.5 Å². The molecule has 6 nitrogen and oxygen atoms in total. The summed E-state index contributed by atoms with van der Waals surface area (Å²) in [5, 5.41) is 5.48. The zero-order valence-electron chi connectivity index (χ0n) is 11.5. The van der Waals surface area contributed by atoms with Crippen LogP contribution in [0.5, 0.6) is 0 Å². The maximum atomic E-state index is 12.2. The van der Waals surface area contributed by atoms with Gasteiger partial charge in [-0.3, -0.25) is 4.79 Å². The second kappa shape index (κ2) is 6.70. The van der Waals surface area contributed by atoms with E-state index in [0.29, 0.717) is 13.1 Å². The van der Waals surface area contributed by atoms with Crippen molar-refractivity contribution in [2.45, 2.75) is 25.7 Å². The average Bonchev–Trinajstić information content (AvgIpc) is 2.84. The minimum absolute atomic E-state index is 0.114. The van der Waals surface area contributed by atoms with E-state index in [1.54, 1.807) is 14.1 Å². The van der Waals surface area contributed by atoms with E-state index in [1.165, 1.54) is 4.90 Å². The van der Waals surface area contributed by atoms with Crippen LogP contribution in [0.25, 0.3) is 0 Å². The number of nitrogens with two attached hydrogens (primary N) is 1. The Kier molecular flexibility index (Phi) is 5.53. The Hall–Kier alpha value is -1.37. The minimum atomic E-state index is -0.680. The minimum Gasteiger partial charge on any atom is -0.392 e. The Morgan fingerprint density at radius 2 is 1.74 bits per heavy atom. The molecular weight excluding hydrogens is 264 g/mol. The van der Waals surface area contributed by atoms with Crippen LogP contribution in [-0.2, 0) is 4.79 Å². The van der Waals surface area contributed by atoms with E-state index in [4.69, 9.17) is 18.0 Å². The van der Waals surface area contributed by atoms with Crippen molar-refractivity contribution in [3.8, 4) is 0 Å². The van der Waals surface area contributed by atoms with E-state index >= 15 is 0 Å². The second-order valence-electron chi connectivity index (χ2n) is 5.04. The first-order valence-corrected chi connectivity index (χ1v) is 6.84. The van der Waals surface area contributed by atoms with Crippen LogP contribution in [0.15, 0.2) is 0 Å². The molecule has 0 aromatic rings. The molecule has 0 aromatic carbocycles. The molecule has 0 atom stereocenters. The lowest BCUT2D eigenvalue weighted by Gasteiger charge is -2.26. The molecule has 0 bridgehead atoms. The zero-order valence-corrected chi connectivity index (χ0v) is 12.3. The lowest BCUT2D eigenvalue weighted by atomic mass is 9.85. The summed E-state index contributed by atoms with van der Waals surface area (Å²) in [7, 11) is 3.32. The van der Waals surface area contributed by atoms with E-state index in [0.717, 1.165) is 25.7 Å². The predicted molar refractivity (Wildman–Crippen MR) is 77.8 cm³/mol. The molecule has 3 amide bonds. The molecule has 0 spiro atoms. The van der Waals surface area contributed by atoms with Gasteiger partial charge in [-0.25, -0.2) is 4.79 Å². The van der Waals surface area contributed by atoms with E-state index < -0.39 is 5.41 Å². The summed E-state index contributed by atoms with van der Waals surface area (Å²) in [4.78, 5) is 25.2. The third-order valence-electron chi connectivity index (χ3n) is 3.46. The van der Waals surface area contributed by atoms with E-state index in [1.807, 2.05) is 0 Å². The van der Waals surface area contributed by atoms with Crippen molar-refractivity contribution in [3.05, 3.63) is 0 Å². The van der Waals surface area contributed by atoms with E-state index in [-0.39, 0.29) is 16.9 Å². The molecule has 0 radical (unpaired) electrons. The Morgan fingerprint density at radius 1 is 1.21 bits per heavy atom. The predicted octanol–water partition coefficient (Wildman–Crippen LogP) is 0.220. The zero-order chi connectivity index (χ0) is 14.5. The molecule has 1 fully saturated rings. The van der Waals surface area contributed by atoms with Crippen LogP contribution in [0.1, 0.15) is 25.7 Å². The average molecular weight is 286 g/mol. The van der Waals surface area contributed by atoms with Gasteiger partial charge in [-0.15, -0.1) is 0 Å². The monoisotopic (exact) mass is 286 g/mol. The molecule has 7 heteroatoms. The highest BCUT2D eigenvalue weighted by molar-refractivity contribution is 7.80. The smallest absolute Gasteiger partial charge is 0.316 e. The van der Waals surface area contributed by atoms with Crippen molar-refractivity contribution in [3.63, 3.8) is 0 Å². The molecule has 1 aliphatic rings. The Bertz CT molecular complexity index is 365. The van der Waals surface area contributed by atoms with E-state index in [9.17, 15) is 9.59 Å². The highest BCUT2D eigenvalue weighted by Gasteiger charge is 2.43. The number of amides is 3. The van der Waals surface area contributed by atoms with Gasteiger partial charge in [-0.2, -0.15) is 0 Å². The van der Waals surface area contributed by atoms with E-state index in [2.05, 4.69) is 10.6 Å². The fourth-order valence-electron chi connectivity index (χ4n) is 2.24. The molecule has 19 heavy (non-hydrogen) atoms. The highest BCUT2D eigenvalue weighted by atomic mass is 32.1. The molecule has 0 aromatic heterocycles. The first-order chi connectivity index (χ1) is 8.90. The summed E-state index contributed by atoms with van der Waals surface area (Å²) in [6.07, 6.45) is 3.39. The molecule has 0 saturated heterocycles. The lowest BCUT2D eigenvalue weighted by Crippen LogP contribution is -2.49. The molecule has 1 rings (SSSR count). The van der Waals surface area contributed by atoms with Gasteiger partial charge in [-0.05, 0) is 12.8 Å². The highest BCUT2D eigenvalue weighted by Crippen LogP contribution is 2.38. The number of thiocarbonyl (C=S) groups is 1. The fraction of sp³-hybridized carbons (Fsp3) is 0.750. The van der Waals surface area contributed by atoms with Crippen LogP contribution < -0.4 is 16.4 Å². The Balaban J connectivity index is 2.38. The largest absolute Gasteiger partial charge is 0.392 e. The number of rotatable bonds is 5. The Morgan fingerprint density at radius 3 is 2.21 bits per heavy atom. The summed E-state index contributed by atoms with van der Waals surface area (Å²) >= 11 is 5.04. The molecule has 0 heterocycles. The van der Waals surface area contributed by atoms with Crippen LogP contribution in [0, 0.1) is 5.41 Å². The number of nitrogens with zero attached hydrogens (tertiary/aromatic N) is 1. The van der Waals surface area contributed by atoms with Gasteiger partial charge in [0, 0.05) is 27.2 Å². The number of nitrogens with one attached hydrogen (secondary N) is 2. The molecule has 0 aliphatic heterocycles. The summed E-state index contributed by atoms with van der Waals surface area (Å²) in [6.45, 7) is 0.763. The standard InChI is InChI=1S/C12H22N4O2S/c1-16(2)11(18)15-8-7-14-10(17)12(9(13)19)5-3-4-6-12/h3-8H2,1-2H3,(H2,13,19)(H,14,17)(H,15,18). The maximum absolute atomic E-state index is 12.2. The number of carbonyl (C=O) groups excluding carboxylic acids is 2. The van der Waals surface area contributed by atoms with Crippen molar-refractivity contribution in [2.75, 3.05) is 27.2 Å². The molecule has 4 N–H and O–H groups in total. The first kappa shape index (κ1) is 15.7. The van der Waals surface area contributed by atoms with Crippen LogP contribution in [0.4, 0.5) is 4.79 Å². The Labute approximate surface area is 119 Å². The van der Waals surface area contributed by atoms with Gasteiger partial charge in [-0.1, -0.05) is 25.1 Å². The number of carbonyl (C=O) groups is 2. The van der Waals surface area contributed by atoms with Crippen LogP contribution >= 0.6 is 12.2 Å². The van der Waals surface area contributed by atoms with Crippen LogP contribution in [0.2, 0.25) is 0 Å². The molecular formula is C12H22N4O2S. The van der Waals surface area contributed by atoms with Gasteiger partial charge in [0.1, 0.15) is 0 Å². The van der Waals surface area contributed by atoms with Gasteiger partial charge >= 0.3 is 6.03 Å². The van der Waals surface area contributed by atoms with Gasteiger partial charge in [0.05, 0.1) is 10.4 Å². The van der Waals surface area contributed by atoms with Gasteiger partial charge in [0.15, 0.2) is 0 Å². The first-order valence-electron chi connectivity index (χ1n) is 6.43. The van der Waals surface area contributed by atoms with Crippen LogP contribution in [0.3, 0.4) is 0 Å². The van der Waals surface area contributed by atoms with Crippen molar-refractivity contribution in [2.24, 2.45) is 11.1 Å². The quantitative estimate of drug-likeness (QED) is 0.498. The summed E-state index contributed by atoms with van der Waals surface area (Å²) in [6, 6.07) is -0.181. The molecule has 1 saturated carbocycles. The third kappa shape index (κ3) is 3.79. The van der Waals surface area contributed by atoms with Crippen molar-refractivity contribution in [1.82, 2.24) is 15.5 Å². The van der Waals surface area contributed by atoms with Crippen molar-refractivity contribution in [1.29, 1.82) is 0 Å². The number of urea groups is 1. The third-order valence-corrected chi connectivity index (χ3v) is 3.85.